The average molecular weight is 180 g/mol. The molecule has 3 heteroatoms. The van der Waals surface area contributed by atoms with Gasteiger partial charge in [0.2, 0.25) is 0 Å². The highest BCUT2D eigenvalue weighted by atomic mass is 16.3. The lowest BCUT2D eigenvalue weighted by Gasteiger charge is -2.13. The van der Waals surface area contributed by atoms with Gasteiger partial charge in [0.1, 0.15) is 5.75 Å². The molecule has 5 N–H and O–H groups in total. The average Bonchev–Trinajstić information content (AvgIpc) is 2.17. The van der Waals surface area contributed by atoms with Crippen molar-refractivity contribution in [1.82, 2.24) is 0 Å². The van der Waals surface area contributed by atoms with Gasteiger partial charge >= 0.3 is 0 Å². The first kappa shape index (κ1) is 10.0. The lowest BCUT2D eigenvalue weighted by atomic mass is 10.0. The van der Waals surface area contributed by atoms with Gasteiger partial charge in [-0.15, -0.1) is 0 Å². The van der Waals surface area contributed by atoms with Crippen molar-refractivity contribution in [3.05, 3.63) is 29.3 Å². The van der Waals surface area contributed by atoms with Crippen molar-refractivity contribution in [1.29, 1.82) is 0 Å². The molecular formula is C10H16N2O. The minimum Gasteiger partial charge on any atom is -0.507 e. The number of aromatic hydroxyl groups is 1. The number of phenols is 1. The molecule has 13 heavy (non-hydrogen) atoms. The van der Waals surface area contributed by atoms with Crippen LogP contribution in [-0.4, -0.2) is 11.7 Å². The Hall–Kier alpha value is -1.06. The molecule has 0 unspecified atom stereocenters. The Bertz CT molecular complexity index is 286. The number of rotatable bonds is 3. The predicted molar refractivity (Wildman–Crippen MR) is 53.5 cm³/mol. The normalized spacial score (nSPS) is 12.8. The molecule has 0 saturated carbocycles. The molecule has 1 aromatic rings. The maximum Gasteiger partial charge on any atom is 0.123 e. The van der Waals surface area contributed by atoms with E-state index in [0.29, 0.717) is 12.3 Å². The minimum atomic E-state index is -0.272. The summed E-state index contributed by atoms with van der Waals surface area (Å²) < 4.78 is 0. The van der Waals surface area contributed by atoms with Gasteiger partial charge in [0.05, 0.1) is 0 Å². The van der Waals surface area contributed by atoms with Gasteiger partial charge in [-0.3, -0.25) is 0 Å². The Kier molecular flexibility index (Phi) is 3.28. The van der Waals surface area contributed by atoms with E-state index in [1.165, 1.54) is 0 Å². The van der Waals surface area contributed by atoms with Crippen LogP contribution in [0, 0.1) is 0 Å². The van der Waals surface area contributed by atoms with Gasteiger partial charge < -0.3 is 16.6 Å². The van der Waals surface area contributed by atoms with Gasteiger partial charge in [0.15, 0.2) is 0 Å². The van der Waals surface area contributed by atoms with Crippen molar-refractivity contribution >= 4 is 0 Å². The molecular weight excluding hydrogens is 164 g/mol. The fraction of sp³-hybridized carbons (Fsp3) is 0.400. The van der Waals surface area contributed by atoms with Crippen LogP contribution in [0.4, 0.5) is 0 Å². The summed E-state index contributed by atoms with van der Waals surface area (Å²) in [5.41, 5.74) is 12.8. The third-order valence-electron chi connectivity index (χ3n) is 2.19. The molecule has 0 amide bonds. The van der Waals surface area contributed by atoms with Gasteiger partial charge in [0, 0.05) is 18.2 Å². The van der Waals surface area contributed by atoms with Crippen LogP contribution >= 0.6 is 0 Å². The Labute approximate surface area is 78.4 Å². The highest BCUT2D eigenvalue weighted by molar-refractivity contribution is 5.42. The van der Waals surface area contributed by atoms with Gasteiger partial charge in [-0.05, 0) is 12.0 Å². The molecule has 1 rings (SSSR count). The Morgan fingerprint density at radius 2 is 2.15 bits per heavy atom. The second-order valence-corrected chi connectivity index (χ2v) is 3.05. The van der Waals surface area contributed by atoms with E-state index in [2.05, 4.69) is 0 Å². The topological polar surface area (TPSA) is 72.3 Å². The van der Waals surface area contributed by atoms with E-state index in [1.54, 1.807) is 0 Å². The van der Waals surface area contributed by atoms with Crippen LogP contribution in [0.2, 0.25) is 0 Å². The van der Waals surface area contributed by atoms with Crippen molar-refractivity contribution in [3.63, 3.8) is 0 Å². The standard InChI is InChI=1S/C10H16N2O/c1-2-7-4-3-5-8(10(7)13)9(12)6-11/h3-5,9,13H,2,6,11-12H2,1H3/t9-/m1/s1. The molecule has 0 fully saturated rings. The van der Waals surface area contributed by atoms with Crippen LogP contribution < -0.4 is 11.5 Å². The first-order chi connectivity index (χ1) is 6.20. The van der Waals surface area contributed by atoms with E-state index >= 15 is 0 Å². The minimum absolute atomic E-state index is 0.272. The molecule has 72 valence electrons. The Balaban J connectivity index is 3.08. The summed E-state index contributed by atoms with van der Waals surface area (Å²) in [5.74, 6) is 0.294. The number of hydrogen-bond donors (Lipinski definition) is 3. The lowest BCUT2D eigenvalue weighted by Crippen LogP contribution is -2.20. The number of phenolic OH excluding ortho intramolecular Hbond substituents is 1. The number of hydrogen-bond acceptors (Lipinski definition) is 3. The van der Waals surface area contributed by atoms with Crippen molar-refractivity contribution in [3.8, 4) is 5.75 Å². The van der Waals surface area contributed by atoms with Crippen molar-refractivity contribution in [2.75, 3.05) is 6.54 Å². The number of nitrogens with two attached hydrogens (primary N) is 2. The molecule has 1 atom stereocenters. The number of aryl methyl sites for hydroxylation is 1. The zero-order chi connectivity index (χ0) is 9.84. The molecule has 0 aliphatic carbocycles. The molecule has 0 bridgehead atoms. The van der Waals surface area contributed by atoms with Crippen LogP contribution in [0.3, 0.4) is 0 Å². The summed E-state index contributed by atoms with van der Waals surface area (Å²) in [6.45, 7) is 2.34. The second-order valence-electron chi connectivity index (χ2n) is 3.05. The zero-order valence-corrected chi connectivity index (χ0v) is 7.83. The van der Waals surface area contributed by atoms with E-state index in [0.717, 1.165) is 17.5 Å². The molecule has 0 aromatic heterocycles. The summed E-state index contributed by atoms with van der Waals surface area (Å²) in [6, 6.07) is 5.32. The highest BCUT2D eigenvalue weighted by Crippen LogP contribution is 2.26. The highest BCUT2D eigenvalue weighted by Gasteiger charge is 2.10. The summed E-state index contributed by atoms with van der Waals surface area (Å²) >= 11 is 0. The van der Waals surface area contributed by atoms with Gasteiger partial charge in [-0.2, -0.15) is 0 Å². The van der Waals surface area contributed by atoms with Crippen LogP contribution in [0.1, 0.15) is 24.1 Å². The van der Waals surface area contributed by atoms with Crippen LogP contribution in [-0.2, 0) is 6.42 Å². The Morgan fingerprint density at radius 1 is 1.46 bits per heavy atom. The van der Waals surface area contributed by atoms with Crippen molar-refractivity contribution in [2.24, 2.45) is 11.5 Å². The van der Waals surface area contributed by atoms with Gasteiger partial charge in [-0.25, -0.2) is 0 Å². The molecule has 0 spiro atoms. The zero-order valence-electron chi connectivity index (χ0n) is 7.83. The molecule has 0 aliphatic heterocycles. The van der Waals surface area contributed by atoms with Gasteiger partial charge in [-0.1, -0.05) is 25.1 Å². The predicted octanol–water partition coefficient (Wildman–Crippen LogP) is 0.913. The van der Waals surface area contributed by atoms with Crippen LogP contribution in [0.25, 0.3) is 0 Å². The molecule has 1 aromatic carbocycles. The SMILES string of the molecule is CCc1cccc([C@H](N)CN)c1O. The molecule has 3 nitrogen and oxygen atoms in total. The monoisotopic (exact) mass is 180 g/mol. The van der Waals surface area contributed by atoms with E-state index < -0.39 is 0 Å². The fourth-order valence-corrected chi connectivity index (χ4v) is 1.32. The maximum atomic E-state index is 9.75. The number of benzene rings is 1. The van der Waals surface area contributed by atoms with Crippen LogP contribution in [0.5, 0.6) is 5.75 Å². The molecule has 0 radical (unpaired) electrons. The molecule has 0 saturated heterocycles. The van der Waals surface area contributed by atoms with Crippen LogP contribution in [0.15, 0.2) is 18.2 Å². The van der Waals surface area contributed by atoms with Crippen molar-refractivity contribution in [2.45, 2.75) is 19.4 Å². The summed E-state index contributed by atoms with van der Waals surface area (Å²) in [4.78, 5) is 0. The molecule has 0 aliphatic rings. The number of para-hydroxylation sites is 1. The first-order valence-electron chi connectivity index (χ1n) is 4.47. The summed E-state index contributed by atoms with van der Waals surface area (Å²) in [6.07, 6.45) is 0.803. The third-order valence-corrected chi connectivity index (χ3v) is 2.19. The van der Waals surface area contributed by atoms with Gasteiger partial charge in [0.25, 0.3) is 0 Å². The lowest BCUT2D eigenvalue weighted by molar-refractivity contribution is 0.455. The summed E-state index contributed by atoms with van der Waals surface area (Å²) in [7, 11) is 0. The Morgan fingerprint density at radius 3 is 2.69 bits per heavy atom. The quantitative estimate of drug-likeness (QED) is 0.647. The fourth-order valence-electron chi connectivity index (χ4n) is 1.32. The van der Waals surface area contributed by atoms with E-state index in [9.17, 15) is 5.11 Å². The first-order valence-corrected chi connectivity index (χ1v) is 4.47. The van der Waals surface area contributed by atoms with E-state index in [1.807, 2.05) is 25.1 Å². The smallest absolute Gasteiger partial charge is 0.123 e. The largest absolute Gasteiger partial charge is 0.507 e. The molecule has 0 heterocycles. The van der Waals surface area contributed by atoms with E-state index in [-0.39, 0.29) is 6.04 Å². The second kappa shape index (κ2) is 4.25. The summed E-state index contributed by atoms with van der Waals surface area (Å²) in [5, 5.41) is 9.75. The third kappa shape index (κ3) is 1.99. The van der Waals surface area contributed by atoms with Crippen molar-refractivity contribution < 1.29 is 5.11 Å². The maximum absolute atomic E-state index is 9.75. The van der Waals surface area contributed by atoms with E-state index in [4.69, 9.17) is 11.5 Å².